The van der Waals surface area contributed by atoms with Gasteiger partial charge in [-0.1, -0.05) is 35.5 Å². The summed E-state index contributed by atoms with van der Waals surface area (Å²) < 4.78 is 0. The molecule has 1 atom stereocenters. The van der Waals surface area contributed by atoms with Crippen LogP contribution in [0.2, 0.25) is 5.02 Å². The van der Waals surface area contributed by atoms with E-state index in [2.05, 4.69) is 4.99 Å². The van der Waals surface area contributed by atoms with Crippen molar-refractivity contribution in [2.75, 3.05) is 7.05 Å². The van der Waals surface area contributed by atoms with Crippen molar-refractivity contribution in [3.63, 3.8) is 0 Å². The number of carboxylic acids is 1. The lowest BCUT2D eigenvalue weighted by atomic mass is 10.0. The topological polar surface area (TPSA) is 90.2 Å². The Kier molecular flexibility index (Phi) is 5.20. The Morgan fingerprint density at radius 2 is 2.23 bits per heavy atom. The number of likely N-dealkylation sites (N-methyl/N-ethyl adjacent to an activating group) is 1. The van der Waals surface area contributed by atoms with Gasteiger partial charge in [0.1, 0.15) is 5.75 Å². The molecule has 0 spiro atoms. The molecule has 1 aromatic rings. The molecule has 1 aliphatic carbocycles. The minimum Gasteiger partial charge on any atom is -0.507 e. The van der Waals surface area contributed by atoms with Gasteiger partial charge in [0.15, 0.2) is 5.50 Å². The molecule has 1 saturated heterocycles. The van der Waals surface area contributed by atoms with Gasteiger partial charge in [-0.3, -0.25) is 9.79 Å². The van der Waals surface area contributed by atoms with E-state index in [1.165, 1.54) is 28.8 Å². The van der Waals surface area contributed by atoms with E-state index in [1.54, 1.807) is 37.4 Å². The van der Waals surface area contributed by atoms with Gasteiger partial charge in [0.2, 0.25) is 0 Å². The highest BCUT2D eigenvalue weighted by Gasteiger charge is 2.33. The Morgan fingerprint density at radius 3 is 2.96 bits per heavy atom. The number of allylic oxidation sites excluding steroid dienone is 3. The third kappa shape index (κ3) is 3.84. The molecule has 0 radical (unpaired) electrons. The van der Waals surface area contributed by atoms with Gasteiger partial charge in [-0.2, -0.15) is 0 Å². The lowest BCUT2D eigenvalue weighted by molar-refractivity contribution is -0.132. The van der Waals surface area contributed by atoms with Crippen LogP contribution < -0.4 is 0 Å². The summed E-state index contributed by atoms with van der Waals surface area (Å²) in [6, 6.07) is 4.60. The number of carbonyl (C=O) groups is 2. The number of phenols is 1. The van der Waals surface area contributed by atoms with E-state index < -0.39 is 11.5 Å². The zero-order valence-electron chi connectivity index (χ0n) is 13.7. The van der Waals surface area contributed by atoms with Crippen molar-refractivity contribution in [2.45, 2.75) is 11.9 Å². The largest absolute Gasteiger partial charge is 0.507 e. The standard InChI is InChI=1S/C18H15ClN2O4S/c1-21-16(23)15(9-11-7-12(19)5-6-14(11)22)26-18(21)20-13-4-2-3-10(8-13)17(24)25/h2-7,9,18,22H,8H2,1H3,(H,24,25). The van der Waals surface area contributed by atoms with Crippen LogP contribution in [0.25, 0.3) is 6.08 Å². The summed E-state index contributed by atoms with van der Waals surface area (Å²) in [5.74, 6) is -1.18. The van der Waals surface area contributed by atoms with E-state index in [0.29, 0.717) is 21.2 Å². The third-order valence-electron chi connectivity index (χ3n) is 3.88. The molecule has 8 heteroatoms. The SMILES string of the molecule is CN1C(=O)C(=Cc2cc(Cl)ccc2O)SC1N=C1C=CC=C(C(=O)O)C1. The number of rotatable bonds is 3. The van der Waals surface area contributed by atoms with E-state index in [4.69, 9.17) is 16.7 Å². The smallest absolute Gasteiger partial charge is 0.331 e. The van der Waals surface area contributed by atoms with Crippen molar-refractivity contribution in [3.8, 4) is 5.75 Å². The molecular formula is C18H15ClN2O4S. The molecule has 1 amide bonds. The molecule has 26 heavy (non-hydrogen) atoms. The van der Waals surface area contributed by atoms with E-state index in [0.717, 1.165) is 0 Å². The lowest BCUT2D eigenvalue weighted by Gasteiger charge is -2.16. The Hall–Kier alpha value is -2.51. The molecular weight excluding hydrogens is 376 g/mol. The normalized spacial score (nSPS) is 23.0. The van der Waals surface area contributed by atoms with E-state index in [1.807, 2.05) is 0 Å². The second kappa shape index (κ2) is 7.39. The molecule has 3 rings (SSSR count). The molecule has 2 aliphatic rings. The van der Waals surface area contributed by atoms with Crippen LogP contribution in [0.15, 0.2) is 51.9 Å². The number of aromatic hydroxyl groups is 1. The van der Waals surface area contributed by atoms with Gasteiger partial charge in [0.05, 0.1) is 4.91 Å². The second-order valence-electron chi connectivity index (χ2n) is 5.73. The number of carboxylic acid groups (broad SMARTS) is 1. The highest BCUT2D eigenvalue weighted by atomic mass is 35.5. The van der Waals surface area contributed by atoms with Crippen LogP contribution in [0.3, 0.4) is 0 Å². The molecule has 1 aliphatic heterocycles. The van der Waals surface area contributed by atoms with E-state index in [9.17, 15) is 14.7 Å². The molecule has 1 unspecified atom stereocenters. The minimum absolute atomic E-state index is 0.0270. The maximum Gasteiger partial charge on any atom is 0.331 e. The summed E-state index contributed by atoms with van der Waals surface area (Å²) in [6.45, 7) is 0. The van der Waals surface area contributed by atoms with Gasteiger partial charge in [-0.05, 0) is 30.4 Å². The van der Waals surface area contributed by atoms with Gasteiger partial charge in [0, 0.05) is 35.3 Å². The number of aliphatic carboxylic acids is 1. The molecule has 134 valence electrons. The minimum atomic E-state index is -0.984. The first-order chi connectivity index (χ1) is 12.3. The van der Waals surface area contributed by atoms with Crippen LogP contribution in [0.4, 0.5) is 0 Å². The van der Waals surface area contributed by atoms with Crippen LogP contribution in [-0.2, 0) is 9.59 Å². The number of carbonyl (C=O) groups excluding carboxylic acids is 1. The summed E-state index contributed by atoms with van der Waals surface area (Å²) in [7, 11) is 1.63. The fraction of sp³-hybridized carbons (Fsp3) is 0.167. The zero-order valence-corrected chi connectivity index (χ0v) is 15.3. The Balaban J connectivity index is 1.83. The number of amides is 1. The highest BCUT2D eigenvalue weighted by Crippen LogP contribution is 2.37. The number of aliphatic imine (C=N–C) groups is 1. The number of thioether (sulfide) groups is 1. The summed E-state index contributed by atoms with van der Waals surface area (Å²) in [5.41, 5.74) is 0.795. The van der Waals surface area contributed by atoms with Crippen LogP contribution in [-0.4, -0.2) is 45.2 Å². The zero-order chi connectivity index (χ0) is 18.8. The van der Waals surface area contributed by atoms with Gasteiger partial charge in [-0.15, -0.1) is 0 Å². The molecule has 0 bridgehead atoms. The van der Waals surface area contributed by atoms with Crippen LogP contribution in [0.5, 0.6) is 5.75 Å². The summed E-state index contributed by atoms with van der Waals surface area (Å²) >= 11 is 7.17. The number of benzene rings is 1. The fourth-order valence-corrected chi connectivity index (χ4v) is 3.76. The van der Waals surface area contributed by atoms with E-state index in [-0.39, 0.29) is 23.7 Å². The molecule has 1 heterocycles. The van der Waals surface area contributed by atoms with Crippen molar-refractivity contribution < 1.29 is 19.8 Å². The maximum atomic E-state index is 12.5. The molecule has 0 aromatic heterocycles. The number of hydrogen-bond donors (Lipinski definition) is 2. The predicted octanol–water partition coefficient (Wildman–Crippen LogP) is 3.29. The first-order valence-corrected chi connectivity index (χ1v) is 8.92. The Morgan fingerprint density at radius 1 is 1.46 bits per heavy atom. The Bertz CT molecular complexity index is 904. The summed E-state index contributed by atoms with van der Waals surface area (Å²) in [5, 5.41) is 19.5. The monoisotopic (exact) mass is 390 g/mol. The summed E-state index contributed by atoms with van der Waals surface area (Å²) in [6.07, 6.45) is 6.68. The lowest BCUT2D eigenvalue weighted by Crippen LogP contribution is -2.27. The van der Waals surface area contributed by atoms with Crippen LogP contribution >= 0.6 is 23.4 Å². The second-order valence-corrected chi connectivity index (χ2v) is 7.26. The number of hydrogen-bond acceptors (Lipinski definition) is 5. The average molecular weight is 391 g/mol. The third-order valence-corrected chi connectivity index (χ3v) is 5.29. The first kappa shape index (κ1) is 18.3. The number of nitrogens with zero attached hydrogens (tertiary/aromatic N) is 2. The molecule has 0 saturated carbocycles. The first-order valence-electron chi connectivity index (χ1n) is 7.66. The number of phenolic OH excluding ortho intramolecular Hbond substituents is 1. The predicted molar refractivity (Wildman–Crippen MR) is 102 cm³/mol. The van der Waals surface area contributed by atoms with Gasteiger partial charge in [-0.25, -0.2) is 4.79 Å². The van der Waals surface area contributed by atoms with Crippen molar-refractivity contribution in [2.24, 2.45) is 4.99 Å². The van der Waals surface area contributed by atoms with Crippen molar-refractivity contribution in [3.05, 3.63) is 57.5 Å². The van der Waals surface area contributed by atoms with Crippen molar-refractivity contribution in [1.29, 1.82) is 0 Å². The number of halogens is 1. The van der Waals surface area contributed by atoms with Crippen molar-refractivity contribution >= 4 is 47.0 Å². The molecule has 1 aromatic carbocycles. The quantitative estimate of drug-likeness (QED) is 0.773. The summed E-state index contributed by atoms with van der Waals surface area (Å²) in [4.78, 5) is 29.9. The van der Waals surface area contributed by atoms with E-state index >= 15 is 0 Å². The van der Waals surface area contributed by atoms with Gasteiger partial charge in [0.25, 0.3) is 5.91 Å². The van der Waals surface area contributed by atoms with Crippen LogP contribution in [0.1, 0.15) is 12.0 Å². The molecule has 2 N–H and O–H groups in total. The highest BCUT2D eigenvalue weighted by molar-refractivity contribution is 8.05. The molecule has 1 fully saturated rings. The van der Waals surface area contributed by atoms with Gasteiger partial charge >= 0.3 is 5.97 Å². The molecule has 6 nitrogen and oxygen atoms in total. The maximum absolute atomic E-state index is 12.5. The Labute approximate surface area is 159 Å². The van der Waals surface area contributed by atoms with Crippen LogP contribution in [0, 0.1) is 0 Å². The average Bonchev–Trinajstić information content (AvgIpc) is 2.86. The fourth-order valence-electron chi connectivity index (χ4n) is 2.47. The van der Waals surface area contributed by atoms with Crippen molar-refractivity contribution in [1.82, 2.24) is 4.90 Å². The van der Waals surface area contributed by atoms with Gasteiger partial charge < -0.3 is 15.1 Å².